The average molecular weight is 466 g/mol. The summed E-state index contributed by atoms with van der Waals surface area (Å²) in [4.78, 5) is 16.4. The minimum absolute atomic E-state index is 0.179. The molecule has 0 amide bonds. The van der Waals surface area contributed by atoms with Crippen LogP contribution in [0.5, 0.6) is 0 Å². The standard InChI is InChI=1S/C24H18F3N5S/c1-13-5-6-15(9-17(13)24(25,26)27)22-29-19-8-14(2)18(10-20(19)30-22)31-23-32-21(12-33-23)16-4-3-7-28-11-16/h3-12H,1-2H3,(H,29,30)(H,31,32). The number of imidazole rings is 1. The number of benzene rings is 2. The summed E-state index contributed by atoms with van der Waals surface area (Å²) >= 11 is 1.48. The van der Waals surface area contributed by atoms with Gasteiger partial charge in [0.1, 0.15) is 5.82 Å². The number of pyridine rings is 1. The van der Waals surface area contributed by atoms with E-state index in [9.17, 15) is 13.2 Å². The van der Waals surface area contributed by atoms with Crippen molar-refractivity contribution in [2.45, 2.75) is 20.0 Å². The number of halogens is 3. The van der Waals surface area contributed by atoms with E-state index in [1.165, 1.54) is 24.3 Å². The van der Waals surface area contributed by atoms with Crippen molar-refractivity contribution in [2.24, 2.45) is 0 Å². The molecule has 0 fully saturated rings. The van der Waals surface area contributed by atoms with Gasteiger partial charge >= 0.3 is 6.18 Å². The van der Waals surface area contributed by atoms with Gasteiger partial charge in [0.05, 0.1) is 22.3 Å². The molecule has 3 aromatic heterocycles. The smallest absolute Gasteiger partial charge is 0.338 e. The van der Waals surface area contributed by atoms with Crippen molar-refractivity contribution in [2.75, 3.05) is 5.32 Å². The van der Waals surface area contributed by atoms with Crippen molar-refractivity contribution in [3.8, 4) is 22.6 Å². The molecule has 33 heavy (non-hydrogen) atoms. The van der Waals surface area contributed by atoms with E-state index < -0.39 is 11.7 Å². The molecule has 0 spiro atoms. The molecule has 5 rings (SSSR count). The van der Waals surface area contributed by atoms with Crippen molar-refractivity contribution in [3.05, 3.63) is 76.9 Å². The number of nitrogens with zero attached hydrogens (tertiary/aromatic N) is 3. The van der Waals surface area contributed by atoms with Crippen LogP contribution in [-0.4, -0.2) is 19.9 Å². The number of thiazole rings is 1. The lowest BCUT2D eigenvalue weighted by molar-refractivity contribution is -0.138. The molecule has 0 saturated carbocycles. The van der Waals surface area contributed by atoms with Crippen molar-refractivity contribution >= 4 is 33.2 Å². The van der Waals surface area contributed by atoms with Crippen LogP contribution >= 0.6 is 11.3 Å². The molecule has 0 radical (unpaired) electrons. The largest absolute Gasteiger partial charge is 0.416 e. The third-order valence-electron chi connectivity index (χ3n) is 5.35. The Bertz CT molecular complexity index is 1450. The molecule has 0 saturated heterocycles. The molecular formula is C24H18F3N5S. The van der Waals surface area contributed by atoms with Gasteiger partial charge in [-0.25, -0.2) is 9.97 Å². The summed E-state index contributed by atoms with van der Waals surface area (Å²) in [6, 6.07) is 11.8. The number of fused-ring (bicyclic) bond motifs is 1. The fourth-order valence-corrected chi connectivity index (χ4v) is 4.34. The number of hydrogen-bond acceptors (Lipinski definition) is 5. The molecule has 2 N–H and O–H groups in total. The van der Waals surface area contributed by atoms with Crippen LogP contribution in [0.1, 0.15) is 16.7 Å². The van der Waals surface area contributed by atoms with E-state index in [1.807, 2.05) is 36.6 Å². The summed E-state index contributed by atoms with van der Waals surface area (Å²) < 4.78 is 40.0. The number of aromatic nitrogens is 4. The Hall–Kier alpha value is -3.72. The maximum absolute atomic E-state index is 13.3. The molecule has 5 nitrogen and oxygen atoms in total. The molecule has 0 aliphatic heterocycles. The average Bonchev–Trinajstić information content (AvgIpc) is 3.41. The summed E-state index contributed by atoms with van der Waals surface area (Å²) in [5, 5.41) is 6.00. The van der Waals surface area contributed by atoms with Crippen molar-refractivity contribution in [1.82, 2.24) is 19.9 Å². The molecule has 5 aromatic rings. The lowest BCUT2D eigenvalue weighted by Crippen LogP contribution is -2.07. The van der Waals surface area contributed by atoms with Crippen LogP contribution in [0.25, 0.3) is 33.7 Å². The van der Waals surface area contributed by atoms with Crippen LogP contribution in [0.4, 0.5) is 24.0 Å². The number of rotatable bonds is 4. The summed E-state index contributed by atoms with van der Waals surface area (Å²) in [7, 11) is 0. The Balaban J connectivity index is 1.46. The first-order valence-electron chi connectivity index (χ1n) is 10.1. The monoisotopic (exact) mass is 465 g/mol. The maximum Gasteiger partial charge on any atom is 0.416 e. The number of H-pyrrole nitrogens is 1. The number of aryl methyl sites for hydroxylation is 2. The second-order valence-electron chi connectivity index (χ2n) is 7.70. The Morgan fingerprint density at radius 1 is 0.970 bits per heavy atom. The first-order chi connectivity index (χ1) is 15.8. The summed E-state index contributed by atoms with van der Waals surface area (Å²) in [5.41, 5.74) is 4.85. The van der Waals surface area contributed by atoms with Crippen LogP contribution in [-0.2, 0) is 6.18 Å². The molecule has 166 valence electrons. The number of aromatic amines is 1. The Morgan fingerprint density at radius 2 is 1.82 bits per heavy atom. The van der Waals surface area contributed by atoms with E-state index >= 15 is 0 Å². The van der Waals surface area contributed by atoms with Crippen molar-refractivity contribution < 1.29 is 13.2 Å². The van der Waals surface area contributed by atoms with Gasteiger partial charge in [-0.15, -0.1) is 11.3 Å². The van der Waals surface area contributed by atoms with E-state index in [-0.39, 0.29) is 5.56 Å². The second-order valence-corrected chi connectivity index (χ2v) is 8.56. The molecule has 0 unspecified atom stereocenters. The molecule has 9 heteroatoms. The van der Waals surface area contributed by atoms with E-state index in [2.05, 4.69) is 25.3 Å². The highest BCUT2D eigenvalue weighted by atomic mass is 32.1. The highest BCUT2D eigenvalue weighted by Gasteiger charge is 2.32. The lowest BCUT2D eigenvalue weighted by Gasteiger charge is -2.11. The molecule has 2 aromatic carbocycles. The van der Waals surface area contributed by atoms with Gasteiger partial charge < -0.3 is 10.3 Å². The molecule has 0 atom stereocenters. The fraction of sp³-hybridized carbons (Fsp3) is 0.125. The fourth-order valence-electron chi connectivity index (χ4n) is 3.60. The zero-order valence-corrected chi connectivity index (χ0v) is 18.5. The lowest BCUT2D eigenvalue weighted by atomic mass is 10.0. The summed E-state index contributed by atoms with van der Waals surface area (Å²) in [6.07, 6.45) is -0.939. The minimum atomic E-state index is -4.41. The number of hydrogen-bond donors (Lipinski definition) is 2. The third kappa shape index (κ3) is 4.19. The van der Waals surface area contributed by atoms with Crippen molar-refractivity contribution in [3.63, 3.8) is 0 Å². The molecular weight excluding hydrogens is 447 g/mol. The number of nitrogens with one attached hydrogen (secondary N) is 2. The second kappa shape index (κ2) is 8.00. The molecule has 0 bridgehead atoms. The van der Waals surface area contributed by atoms with E-state index in [0.717, 1.165) is 39.2 Å². The van der Waals surface area contributed by atoms with Crippen LogP contribution < -0.4 is 5.32 Å². The number of anilines is 2. The summed E-state index contributed by atoms with van der Waals surface area (Å²) in [5.74, 6) is 0.389. The highest BCUT2D eigenvalue weighted by molar-refractivity contribution is 7.14. The Kier molecular flexibility index (Phi) is 5.13. The molecule has 3 heterocycles. The zero-order valence-electron chi connectivity index (χ0n) is 17.7. The van der Waals surface area contributed by atoms with Gasteiger partial charge in [0.2, 0.25) is 0 Å². The summed E-state index contributed by atoms with van der Waals surface area (Å²) in [6.45, 7) is 3.40. The zero-order chi connectivity index (χ0) is 23.2. The Labute approximate surface area is 191 Å². The molecule has 0 aliphatic rings. The predicted octanol–water partition coefficient (Wildman–Crippen LogP) is 7.13. The van der Waals surface area contributed by atoms with E-state index in [0.29, 0.717) is 16.9 Å². The predicted molar refractivity (Wildman–Crippen MR) is 125 cm³/mol. The Morgan fingerprint density at radius 3 is 2.58 bits per heavy atom. The van der Waals surface area contributed by atoms with E-state index in [1.54, 1.807) is 18.5 Å². The van der Waals surface area contributed by atoms with Gasteiger partial charge in [0, 0.05) is 34.6 Å². The minimum Gasteiger partial charge on any atom is -0.338 e. The van der Waals surface area contributed by atoms with Gasteiger partial charge in [-0.3, -0.25) is 4.98 Å². The van der Waals surface area contributed by atoms with Crippen LogP contribution in [0.2, 0.25) is 0 Å². The van der Waals surface area contributed by atoms with Gasteiger partial charge in [-0.1, -0.05) is 12.1 Å². The maximum atomic E-state index is 13.3. The highest BCUT2D eigenvalue weighted by Crippen LogP contribution is 2.35. The van der Waals surface area contributed by atoms with Crippen LogP contribution in [0.3, 0.4) is 0 Å². The van der Waals surface area contributed by atoms with Crippen LogP contribution in [0.15, 0.2) is 60.2 Å². The number of alkyl halides is 3. The quantitative estimate of drug-likeness (QED) is 0.296. The first-order valence-corrected chi connectivity index (χ1v) is 11.0. The van der Waals surface area contributed by atoms with Gasteiger partial charge in [-0.05, 0) is 55.3 Å². The SMILES string of the molecule is Cc1cc2[nH]c(-c3ccc(C)c(C(F)(F)F)c3)nc2cc1Nc1nc(-c2cccnc2)cs1. The van der Waals surface area contributed by atoms with E-state index in [4.69, 9.17) is 0 Å². The van der Waals surface area contributed by atoms with Crippen LogP contribution in [0, 0.1) is 13.8 Å². The topological polar surface area (TPSA) is 66.5 Å². The third-order valence-corrected chi connectivity index (χ3v) is 6.11. The van der Waals surface area contributed by atoms with Gasteiger partial charge in [0.25, 0.3) is 0 Å². The van der Waals surface area contributed by atoms with Crippen molar-refractivity contribution in [1.29, 1.82) is 0 Å². The first kappa shape index (κ1) is 21.1. The molecule has 0 aliphatic carbocycles. The van der Waals surface area contributed by atoms with Gasteiger partial charge in [-0.2, -0.15) is 13.2 Å². The normalized spacial score (nSPS) is 11.8. The van der Waals surface area contributed by atoms with Gasteiger partial charge in [0.15, 0.2) is 5.13 Å².